The van der Waals surface area contributed by atoms with Crippen molar-refractivity contribution < 1.29 is 27.1 Å². The first kappa shape index (κ1) is 16.8. The summed E-state index contributed by atoms with van der Waals surface area (Å²) < 4.78 is 55.1. The van der Waals surface area contributed by atoms with Crippen LogP contribution in [0.4, 0.5) is 17.6 Å². The van der Waals surface area contributed by atoms with E-state index in [1.54, 1.807) is 6.92 Å². The van der Waals surface area contributed by atoms with E-state index in [1.165, 1.54) is 30.3 Å². The zero-order valence-electron chi connectivity index (χ0n) is 12.0. The molecule has 1 atom stereocenters. The average molecular weight is 327 g/mol. The van der Waals surface area contributed by atoms with Crippen LogP contribution in [0.25, 0.3) is 0 Å². The number of carbonyl (C=O) groups is 1. The van der Waals surface area contributed by atoms with Gasteiger partial charge in [0, 0.05) is 0 Å². The van der Waals surface area contributed by atoms with E-state index in [4.69, 9.17) is 0 Å². The predicted molar refractivity (Wildman–Crippen MR) is 75.3 cm³/mol. The maximum absolute atomic E-state index is 13.2. The summed E-state index contributed by atoms with van der Waals surface area (Å²) in [5.41, 5.74) is 0.256. The molecule has 7 heteroatoms. The predicted octanol–water partition coefficient (Wildman–Crippen LogP) is 4.06. The summed E-state index contributed by atoms with van der Waals surface area (Å²) in [6.07, 6.45) is 0. The second-order valence-corrected chi connectivity index (χ2v) is 4.74. The third-order valence-electron chi connectivity index (χ3n) is 3.14. The Balaban J connectivity index is 2.16. The Morgan fingerprint density at radius 1 is 1.09 bits per heavy atom. The lowest BCUT2D eigenvalue weighted by molar-refractivity contribution is -0.0501. The standard InChI is InChI=1S/C16H13F4NO2/c1-9(10-6-7-12(17)13(18)8-10)21-15(22)11-4-2-3-5-14(11)23-16(19)20/h2-9,16H,1H3,(H,21,22). The molecular formula is C16H13F4NO2. The van der Waals surface area contributed by atoms with Crippen molar-refractivity contribution in [3.8, 4) is 5.75 Å². The van der Waals surface area contributed by atoms with Gasteiger partial charge in [-0.25, -0.2) is 8.78 Å². The second-order valence-electron chi connectivity index (χ2n) is 4.74. The van der Waals surface area contributed by atoms with E-state index in [9.17, 15) is 22.4 Å². The highest BCUT2D eigenvalue weighted by molar-refractivity contribution is 5.97. The van der Waals surface area contributed by atoms with Crippen molar-refractivity contribution >= 4 is 5.91 Å². The zero-order valence-corrected chi connectivity index (χ0v) is 12.0. The molecule has 122 valence electrons. The molecule has 0 aliphatic heterocycles. The van der Waals surface area contributed by atoms with E-state index in [1.807, 2.05) is 0 Å². The van der Waals surface area contributed by atoms with Crippen LogP contribution in [0.3, 0.4) is 0 Å². The molecule has 1 unspecified atom stereocenters. The number of halogens is 4. The molecule has 0 aromatic heterocycles. The van der Waals surface area contributed by atoms with Crippen LogP contribution < -0.4 is 10.1 Å². The maximum atomic E-state index is 13.2. The second kappa shape index (κ2) is 7.13. The Morgan fingerprint density at radius 2 is 1.78 bits per heavy atom. The van der Waals surface area contributed by atoms with Gasteiger partial charge in [-0.3, -0.25) is 4.79 Å². The van der Waals surface area contributed by atoms with E-state index in [0.29, 0.717) is 5.56 Å². The van der Waals surface area contributed by atoms with Gasteiger partial charge in [-0.05, 0) is 36.8 Å². The number of nitrogens with one attached hydrogen (secondary N) is 1. The third kappa shape index (κ3) is 4.21. The molecule has 0 bridgehead atoms. The number of carbonyl (C=O) groups excluding carboxylic acids is 1. The molecule has 0 aliphatic carbocycles. The molecule has 1 N–H and O–H groups in total. The molecule has 0 saturated heterocycles. The quantitative estimate of drug-likeness (QED) is 0.841. The smallest absolute Gasteiger partial charge is 0.387 e. The van der Waals surface area contributed by atoms with Gasteiger partial charge in [0.2, 0.25) is 0 Å². The lowest BCUT2D eigenvalue weighted by Crippen LogP contribution is -2.27. The van der Waals surface area contributed by atoms with Crippen LogP contribution in [0.15, 0.2) is 42.5 Å². The van der Waals surface area contributed by atoms with Gasteiger partial charge >= 0.3 is 6.61 Å². The summed E-state index contributed by atoms with van der Waals surface area (Å²) in [6.45, 7) is -1.51. The molecule has 0 heterocycles. The van der Waals surface area contributed by atoms with Crippen LogP contribution in [0.1, 0.15) is 28.9 Å². The Kier molecular flexibility index (Phi) is 5.20. The normalized spacial score (nSPS) is 12.1. The first-order valence-electron chi connectivity index (χ1n) is 6.68. The molecule has 0 aliphatic rings. The first-order chi connectivity index (χ1) is 10.9. The van der Waals surface area contributed by atoms with E-state index in [2.05, 4.69) is 10.1 Å². The molecule has 0 spiro atoms. The summed E-state index contributed by atoms with van der Waals surface area (Å²) >= 11 is 0. The SMILES string of the molecule is CC(NC(=O)c1ccccc1OC(F)F)c1ccc(F)c(F)c1. The summed E-state index contributed by atoms with van der Waals surface area (Å²) in [7, 11) is 0. The van der Waals surface area contributed by atoms with Gasteiger partial charge < -0.3 is 10.1 Å². The highest BCUT2D eigenvalue weighted by atomic mass is 19.3. The highest BCUT2D eigenvalue weighted by Gasteiger charge is 2.18. The first-order valence-corrected chi connectivity index (χ1v) is 6.68. The molecule has 23 heavy (non-hydrogen) atoms. The fraction of sp³-hybridized carbons (Fsp3) is 0.188. The summed E-state index contributed by atoms with van der Waals surface area (Å²) in [5, 5.41) is 2.52. The van der Waals surface area contributed by atoms with Gasteiger partial charge in [-0.15, -0.1) is 0 Å². The van der Waals surface area contributed by atoms with Crippen molar-refractivity contribution in [1.29, 1.82) is 0 Å². The summed E-state index contributed by atoms with van der Waals surface area (Å²) in [5.74, 6) is -2.97. The molecule has 2 aromatic rings. The number of hydrogen-bond acceptors (Lipinski definition) is 2. The van der Waals surface area contributed by atoms with Gasteiger partial charge in [-0.1, -0.05) is 18.2 Å². The highest BCUT2D eigenvalue weighted by Crippen LogP contribution is 2.22. The number of ether oxygens (including phenoxy) is 1. The zero-order chi connectivity index (χ0) is 17.0. The molecule has 3 nitrogen and oxygen atoms in total. The van der Waals surface area contributed by atoms with Crippen molar-refractivity contribution in [3.05, 3.63) is 65.2 Å². The van der Waals surface area contributed by atoms with Crippen LogP contribution in [-0.2, 0) is 0 Å². The number of amides is 1. The van der Waals surface area contributed by atoms with E-state index in [-0.39, 0.29) is 11.3 Å². The van der Waals surface area contributed by atoms with E-state index in [0.717, 1.165) is 12.1 Å². The molecule has 1 amide bonds. The Bertz CT molecular complexity index is 706. The number of hydrogen-bond donors (Lipinski definition) is 1. The van der Waals surface area contributed by atoms with Crippen molar-refractivity contribution in [2.24, 2.45) is 0 Å². The number of para-hydroxylation sites is 1. The number of alkyl halides is 2. The summed E-state index contributed by atoms with van der Waals surface area (Å²) in [6, 6.07) is 8.09. The van der Waals surface area contributed by atoms with Crippen LogP contribution in [0, 0.1) is 11.6 Å². The van der Waals surface area contributed by atoms with E-state index < -0.39 is 30.2 Å². The van der Waals surface area contributed by atoms with Crippen molar-refractivity contribution in [3.63, 3.8) is 0 Å². The van der Waals surface area contributed by atoms with Crippen molar-refractivity contribution in [2.45, 2.75) is 19.6 Å². The fourth-order valence-corrected chi connectivity index (χ4v) is 1.99. The molecule has 2 rings (SSSR count). The van der Waals surface area contributed by atoms with E-state index >= 15 is 0 Å². The monoisotopic (exact) mass is 327 g/mol. The minimum Gasteiger partial charge on any atom is -0.434 e. The number of rotatable bonds is 5. The maximum Gasteiger partial charge on any atom is 0.387 e. The Morgan fingerprint density at radius 3 is 2.43 bits per heavy atom. The van der Waals surface area contributed by atoms with Crippen molar-refractivity contribution in [1.82, 2.24) is 5.32 Å². The molecule has 2 aromatic carbocycles. The lowest BCUT2D eigenvalue weighted by atomic mass is 10.1. The van der Waals surface area contributed by atoms with Crippen LogP contribution >= 0.6 is 0 Å². The van der Waals surface area contributed by atoms with Gasteiger partial charge in [0.1, 0.15) is 5.75 Å². The van der Waals surface area contributed by atoms with Crippen LogP contribution in [-0.4, -0.2) is 12.5 Å². The molecule has 0 fully saturated rings. The average Bonchev–Trinajstić information content (AvgIpc) is 2.49. The third-order valence-corrected chi connectivity index (χ3v) is 3.14. The van der Waals surface area contributed by atoms with Crippen molar-refractivity contribution in [2.75, 3.05) is 0 Å². The number of benzene rings is 2. The Hall–Kier alpha value is -2.57. The lowest BCUT2D eigenvalue weighted by Gasteiger charge is -2.16. The molecular weight excluding hydrogens is 314 g/mol. The van der Waals surface area contributed by atoms with Gasteiger partial charge in [-0.2, -0.15) is 8.78 Å². The molecule has 0 radical (unpaired) electrons. The largest absolute Gasteiger partial charge is 0.434 e. The van der Waals surface area contributed by atoms with Gasteiger partial charge in [0.05, 0.1) is 11.6 Å². The fourth-order valence-electron chi connectivity index (χ4n) is 1.99. The van der Waals surface area contributed by atoms with Crippen LogP contribution in [0.5, 0.6) is 5.75 Å². The Labute approximate surface area is 129 Å². The minimum absolute atomic E-state index is 0.0813. The topological polar surface area (TPSA) is 38.3 Å². The van der Waals surface area contributed by atoms with Gasteiger partial charge in [0.15, 0.2) is 11.6 Å². The minimum atomic E-state index is -3.06. The molecule has 0 saturated carbocycles. The summed E-state index contributed by atoms with van der Waals surface area (Å²) in [4.78, 5) is 12.2. The van der Waals surface area contributed by atoms with Gasteiger partial charge in [0.25, 0.3) is 5.91 Å². The van der Waals surface area contributed by atoms with Crippen LogP contribution in [0.2, 0.25) is 0 Å².